The van der Waals surface area contributed by atoms with Gasteiger partial charge in [0.25, 0.3) is 0 Å². The summed E-state index contributed by atoms with van der Waals surface area (Å²) < 4.78 is 0. The Kier molecular flexibility index (Phi) is 8.55. The summed E-state index contributed by atoms with van der Waals surface area (Å²) in [6.45, 7) is 0. The Morgan fingerprint density at radius 2 is 0.476 bits per heavy atom. The molecule has 0 aliphatic rings. The third-order valence-electron chi connectivity index (χ3n) is 12.8. The number of hydrogen-bond donors (Lipinski definition) is 0. The lowest BCUT2D eigenvalue weighted by atomic mass is 9.91. The topological polar surface area (TPSA) is 0 Å². The fourth-order valence-electron chi connectivity index (χ4n) is 9.86. The second kappa shape index (κ2) is 14.8. The summed E-state index contributed by atoms with van der Waals surface area (Å²) in [5, 5.41) is 22.0. The van der Waals surface area contributed by atoms with Crippen molar-refractivity contribution in [1.82, 2.24) is 0 Å². The summed E-state index contributed by atoms with van der Waals surface area (Å²) in [6.07, 6.45) is 0. The molecule has 0 saturated heterocycles. The van der Waals surface area contributed by atoms with Crippen LogP contribution in [0.25, 0.3) is 129 Å². The van der Waals surface area contributed by atoms with Gasteiger partial charge in [0, 0.05) is 31.3 Å². The minimum absolute atomic E-state index is 1.23. The molecule has 0 aliphatic carbocycles. The first kappa shape index (κ1) is 36.5. The van der Waals surface area contributed by atoms with Crippen molar-refractivity contribution in [3.05, 3.63) is 216 Å². The number of fused-ring (bicyclic) bond motifs is 6. The summed E-state index contributed by atoms with van der Waals surface area (Å²) in [5.41, 5.74) is 11.3. The summed E-state index contributed by atoms with van der Waals surface area (Å²) in [7, 11) is 0. The predicted molar refractivity (Wildman–Crippen MR) is 278 cm³/mol. The average Bonchev–Trinajstić information content (AvgIpc) is 4.14. The number of thiophene rings is 3. The van der Waals surface area contributed by atoms with Crippen molar-refractivity contribution in [1.29, 1.82) is 0 Å². The first-order valence-electron chi connectivity index (χ1n) is 21.3. The monoisotopic (exact) mass is 852 g/mol. The van der Waals surface area contributed by atoms with E-state index in [2.05, 4.69) is 216 Å². The zero-order valence-electron chi connectivity index (χ0n) is 34.0. The fraction of sp³-hybridized carbons (Fsp3) is 0. The highest BCUT2D eigenvalue weighted by Gasteiger charge is 2.21. The summed E-state index contributed by atoms with van der Waals surface area (Å²) in [5.74, 6) is 0. The van der Waals surface area contributed by atoms with Gasteiger partial charge >= 0.3 is 0 Å². The maximum absolute atomic E-state index is 2.45. The van der Waals surface area contributed by atoms with Crippen molar-refractivity contribution in [3.63, 3.8) is 0 Å². The van der Waals surface area contributed by atoms with E-state index in [9.17, 15) is 0 Å². The first-order chi connectivity index (χ1) is 31.2. The van der Waals surface area contributed by atoms with E-state index >= 15 is 0 Å². The van der Waals surface area contributed by atoms with Gasteiger partial charge in [-0.15, -0.1) is 34.0 Å². The van der Waals surface area contributed by atoms with Gasteiger partial charge in [0.05, 0.1) is 0 Å². The normalized spacial score (nSPS) is 11.8. The van der Waals surface area contributed by atoms with Crippen LogP contribution >= 0.6 is 34.0 Å². The van der Waals surface area contributed by atoms with Crippen LogP contribution < -0.4 is 0 Å². The van der Waals surface area contributed by atoms with Crippen LogP contribution in [0.15, 0.2) is 216 Å². The van der Waals surface area contributed by atoms with E-state index in [1.807, 2.05) is 34.0 Å². The highest BCUT2D eigenvalue weighted by Crippen LogP contribution is 2.49. The Morgan fingerprint density at radius 1 is 0.206 bits per heavy atom. The third-order valence-corrected chi connectivity index (χ3v) is 15.7. The second-order valence-corrected chi connectivity index (χ2v) is 19.2. The summed E-state index contributed by atoms with van der Waals surface area (Å²) in [6, 6.07) is 74.9. The Hall–Kier alpha value is -7.14. The van der Waals surface area contributed by atoms with Gasteiger partial charge in [0.1, 0.15) is 0 Å². The Balaban J connectivity index is 1.03. The molecule has 0 unspecified atom stereocenters. The van der Waals surface area contributed by atoms with Crippen LogP contribution in [0.5, 0.6) is 0 Å². The van der Waals surface area contributed by atoms with Crippen molar-refractivity contribution in [2.24, 2.45) is 0 Å². The lowest BCUT2D eigenvalue weighted by Crippen LogP contribution is -1.88. The Morgan fingerprint density at radius 3 is 0.778 bits per heavy atom. The summed E-state index contributed by atoms with van der Waals surface area (Å²) >= 11 is 5.51. The Bertz CT molecular complexity index is 3510. The maximum atomic E-state index is 2.45. The van der Waals surface area contributed by atoms with Crippen molar-refractivity contribution >= 4 is 98.6 Å². The first-order valence-corrected chi connectivity index (χ1v) is 24.0. The summed E-state index contributed by atoms with van der Waals surface area (Å²) in [4.78, 5) is 3.84. The van der Waals surface area contributed by atoms with Gasteiger partial charge in [-0.3, -0.25) is 0 Å². The molecule has 0 nitrogen and oxygen atoms in total. The molecule has 13 aromatic rings. The maximum Gasteiger partial charge on any atom is 0.0421 e. The zero-order chi connectivity index (χ0) is 41.4. The lowest BCUT2D eigenvalue weighted by molar-refractivity contribution is 1.65. The van der Waals surface area contributed by atoms with Crippen LogP contribution in [0, 0.1) is 0 Å². The molecule has 3 aromatic heterocycles. The molecule has 0 radical (unpaired) electrons. The SMILES string of the molecule is c1ccc2cc3c(-c4ccsc4-c4cc(-c5sccc5-c5cccc6cc7ccccc7cc56)cc(-c5sccc5-c5cccc6cc7ccccc7cc56)c4)cccc3cc2c1. The van der Waals surface area contributed by atoms with E-state index in [0.29, 0.717) is 0 Å². The standard InChI is InChI=1S/C60H36S3/c1-4-13-40-34-55-43(28-37(40)10-1)16-7-19-49(55)52-22-25-61-58(52)46-31-47(59-53(23-26-62-59)50-20-8-17-44-29-38-11-2-5-14-41(38)35-56(44)50)33-48(32-46)60-54(24-27-63-60)51-21-9-18-45-30-39-12-3-6-15-42(39)36-57(45)51/h1-36H. The van der Waals surface area contributed by atoms with Crippen LogP contribution in [0.1, 0.15) is 0 Å². The molecule has 3 heteroatoms. The van der Waals surface area contributed by atoms with E-state index in [-0.39, 0.29) is 0 Å². The van der Waals surface area contributed by atoms with Crippen LogP contribution in [-0.2, 0) is 0 Å². The average molecular weight is 853 g/mol. The third kappa shape index (κ3) is 6.15. The second-order valence-electron chi connectivity index (χ2n) is 16.5. The molecule has 0 amide bonds. The fourth-order valence-corrected chi connectivity index (χ4v) is 12.6. The van der Waals surface area contributed by atoms with E-state index in [1.165, 1.54) is 129 Å². The molecule has 0 atom stereocenters. The molecular formula is C60H36S3. The molecule has 10 aromatic carbocycles. The molecule has 0 bridgehead atoms. The van der Waals surface area contributed by atoms with Gasteiger partial charge in [-0.1, -0.05) is 127 Å². The highest BCUT2D eigenvalue weighted by atomic mass is 32.1. The van der Waals surface area contributed by atoms with Crippen LogP contribution in [-0.4, -0.2) is 0 Å². The highest BCUT2D eigenvalue weighted by molar-refractivity contribution is 7.15. The van der Waals surface area contributed by atoms with Gasteiger partial charge in [0.15, 0.2) is 0 Å². The molecule has 63 heavy (non-hydrogen) atoms. The van der Waals surface area contributed by atoms with Crippen LogP contribution in [0.2, 0.25) is 0 Å². The van der Waals surface area contributed by atoms with E-state index in [4.69, 9.17) is 0 Å². The van der Waals surface area contributed by atoms with Crippen molar-refractivity contribution in [2.45, 2.75) is 0 Å². The molecule has 3 heterocycles. The van der Waals surface area contributed by atoms with Gasteiger partial charge in [-0.2, -0.15) is 0 Å². The minimum Gasteiger partial charge on any atom is -0.143 e. The molecule has 0 saturated carbocycles. The van der Waals surface area contributed by atoms with Gasteiger partial charge in [0.2, 0.25) is 0 Å². The number of hydrogen-bond acceptors (Lipinski definition) is 3. The lowest BCUT2D eigenvalue weighted by Gasteiger charge is -2.15. The molecule has 0 spiro atoms. The van der Waals surface area contributed by atoms with Gasteiger partial charge in [-0.05, 0) is 187 Å². The van der Waals surface area contributed by atoms with Crippen LogP contribution in [0.4, 0.5) is 0 Å². The smallest absolute Gasteiger partial charge is 0.0421 e. The molecule has 0 N–H and O–H groups in total. The van der Waals surface area contributed by atoms with Crippen molar-refractivity contribution in [2.75, 3.05) is 0 Å². The molecule has 0 aliphatic heterocycles. The van der Waals surface area contributed by atoms with Gasteiger partial charge < -0.3 is 0 Å². The Labute approximate surface area is 377 Å². The van der Waals surface area contributed by atoms with Crippen molar-refractivity contribution in [3.8, 4) is 64.7 Å². The van der Waals surface area contributed by atoms with Crippen molar-refractivity contribution < 1.29 is 0 Å². The van der Waals surface area contributed by atoms with E-state index in [0.717, 1.165) is 0 Å². The molecular weight excluding hydrogens is 817 g/mol. The van der Waals surface area contributed by atoms with Crippen LogP contribution in [0.3, 0.4) is 0 Å². The number of rotatable bonds is 6. The predicted octanol–water partition coefficient (Wildman–Crippen LogP) is 18.8. The number of benzene rings is 10. The molecule has 294 valence electrons. The van der Waals surface area contributed by atoms with Gasteiger partial charge in [-0.25, -0.2) is 0 Å². The molecule has 0 fully saturated rings. The van der Waals surface area contributed by atoms with E-state index < -0.39 is 0 Å². The minimum atomic E-state index is 1.23. The zero-order valence-corrected chi connectivity index (χ0v) is 36.5. The van der Waals surface area contributed by atoms with E-state index in [1.54, 1.807) is 0 Å². The largest absolute Gasteiger partial charge is 0.143 e. The quantitative estimate of drug-likeness (QED) is 0.146. The molecule has 13 rings (SSSR count).